The number of aliphatic imine (C=N–C) groups is 1. The predicted octanol–water partition coefficient (Wildman–Crippen LogP) is 2.66. The Bertz CT molecular complexity index is 950. The molecule has 0 fully saturated rings. The number of aromatic amines is 1. The molecule has 9 heteroatoms. The molecule has 1 heterocycles. The summed E-state index contributed by atoms with van der Waals surface area (Å²) in [4.78, 5) is 29.8. The smallest absolute Gasteiger partial charge is 0.328 e. The van der Waals surface area contributed by atoms with E-state index >= 15 is 0 Å². The normalized spacial score (nSPS) is 13.7. The molecule has 2 aromatic rings. The Morgan fingerprint density at radius 1 is 1.42 bits per heavy atom. The molecule has 0 saturated heterocycles. The van der Waals surface area contributed by atoms with Crippen molar-refractivity contribution in [2.24, 2.45) is 10.9 Å². The van der Waals surface area contributed by atoms with Crippen LogP contribution in [-0.4, -0.2) is 38.0 Å². The fourth-order valence-electron chi connectivity index (χ4n) is 2.32. The fourth-order valence-corrected chi connectivity index (χ4v) is 2.60. The largest absolute Gasteiger partial charge is 0.494 e. The van der Waals surface area contributed by atoms with Gasteiger partial charge >= 0.3 is 5.97 Å². The van der Waals surface area contributed by atoms with E-state index in [9.17, 15) is 24.2 Å². The average molecular weight is 379 g/mol. The lowest BCUT2D eigenvalue weighted by Crippen LogP contribution is -2.26. The third-order valence-corrected chi connectivity index (χ3v) is 4.29. The van der Waals surface area contributed by atoms with E-state index in [1.54, 1.807) is 6.92 Å². The molecule has 7 nitrogen and oxygen atoms in total. The van der Waals surface area contributed by atoms with Crippen molar-refractivity contribution in [2.75, 3.05) is 0 Å². The van der Waals surface area contributed by atoms with Crippen LogP contribution in [0.4, 0.5) is 4.39 Å². The van der Waals surface area contributed by atoms with E-state index in [2.05, 4.69) is 9.98 Å². The third-order valence-electron chi connectivity index (χ3n) is 4.01. The number of aromatic hydroxyl groups is 1. The molecule has 0 aliphatic rings. The first-order valence-corrected chi connectivity index (χ1v) is 8.27. The van der Waals surface area contributed by atoms with Gasteiger partial charge in [0.1, 0.15) is 17.4 Å². The van der Waals surface area contributed by atoms with E-state index < -0.39 is 29.3 Å². The lowest BCUT2D eigenvalue weighted by molar-refractivity contribution is -0.139. The van der Waals surface area contributed by atoms with Crippen molar-refractivity contribution < 1.29 is 19.4 Å². The highest BCUT2D eigenvalue weighted by Crippen LogP contribution is 2.19. The van der Waals surface area contributed by atoms with Gasteiger partial charge in [-0.15, -0.1) is 0 Å². The zero-order valence-electron chi connectivity index (χ0n) is 14.1. The summed E-state index contributed by atoms with van der Waals surface area (Å²) in [6, 6.07) is 4.06. The number of carbonyl (C=O) groups is 1. The van der Waals surface area contributed by atoms with Crippen LogP contribution in [-0.2, 0) is 4.79 Å². The van der Waals surface area contributed by atoms with Crippen LogP contribution in [0.25, 0.3) is 5.69 Å². The number of aliphatic carboxylic acids is 1. The molecular weight excluding hydrogens is 361 g/mol. The Labute approximate surface area is 153 Å². The summed E-state index contributed by atoms with van der Waals surface area (Å²) in [6.07, 6.45) is 1.60. The van der Waals surface area contributed by atoms with Gasteiger partial charge in [-0.05, 0) is 42.4 Å². The van der Waals surface area contributed by atoms with Crippen LogP contribution in [0.2, 0.25) is 0 Å². The summed E-state index contributed by atoms with van der Waals surface area (Å²) in [5.74, 6) is -2.36. The summed E-state index contributed by atoms with van der Waals surface area (Å²) >= 11 is 5.05. The number of aromatic nitrogens is 2. The molecule has 2 rings (SSSR count). The van der Waals surface area contributed by atoms with Crippen molar-refractivity contribution in [1.82, 2.24) is 9.55 Å². The summed E-state index contributed by atoms with van der Waals surface area (Å²) in [5.41, 5.74) is -0.614. The Morgan fingerprint density at radius 3 is 2.58 bits per heavy atom. The topological polar surface area (TPSA) is 108 Å². The van der Waals surface area contributed by atoms with Crippen LogP contribution in [0.1, 0.15) is 25.8 Å². The molecule has 26 heavy (non-hydrogen) atoms. The zero-order valence-corrected chi connectivity index (χ0v) is 15.0. The minimum absolute atomic E-state index is 0.0898. The van der Waals surface area contributed by atoms with E-state index in [1.807, 2.05) is 6.92 Å². The Hall–Kier alpha value is -2.81. The number of halogens is 1. The van der Waals surface area contributed by atoms with E-state index in [-0.39, 0.29) is 16.3 Å². The summed E-state index contributed by atoms with van der Waals surface area (Å²) < 4.78 is 14.2. The number of carboxylic acids is 1. The predicted molar refractivity (Wildman–Crippen MR) is 97.3 cm³/mol. The number of rotatable bonds is 6. The number of hydrogen-bond donors (Lipinski definition) is 3. The molecule has 3 N–H and O–H groups in total. The minimum Gasteiger partial charge on any atom is -0.494 e. The van der Waals surface area contributed by atoms with Crippen LogP contribution in [0.15, 0.2) is 34.1 Å². The molecule has 0 aliphatic heterocycles. The van der Waals surface area contributed by atoms with Crippen LogP contribution < -0.4 is 5.56 Å². The lowest BCUT2D eigenvalue weighted by atomic mass is 10.00. The molecular formula is C17H18FN3O4S. The van der Waals surface area contributed by atoms with E-state index in [1.165, 1.54) is 24.3 Å². The number of carboxylic acid groups (broad SMARTS) is 1. The SMILES string of the molecule is CC[C@H](C)[C@H](N=Cc1c(O)n(-c2ccc(F)cc2)c(=S)[nH]c1=O)C(=O)O. The van der Waals surface area contributed by atoms with Gasteiger partial charge in [0, 0.05) is 6.21 Å². The molecule has 0 unspecified atom stereocenters. The van der Waals surface area contributed by atoms with Gasteiger partial charge in [-0.1, -0.05) is 20.3 Å². The standard InChI is InChI=1S/C17H18FN3O4S/c1-3-9(2)13(16(24)25)19-8-12-14(22)20-17(26)21(15(12)23)11-6-4-10(18)5-7-11/h4-9,13,23H,3H2,1-2H3,(H,24,25)(H,20,22,26)/t9-,13-/m0/s1. The Morgan fingerprint density at radius 2 is 2.04 bits per heavy atom. The maximum Gasteiger partial charge on any atom is 0.328 e. The summed E-state index contributed by atoms with van der Waals surface area (Å²) in [7, 11) is 0. The van der Waals surface area contributed by atoms with Gasteiger partial charge in [0.05, 0.1) is 5.69 Å². The highest BCUT2D eigenvalue weighted by Gasteiger charge is 2.22. The van der Waals surface area contributed by atoms with Crippen LogP contribution >= 0.6 is 12.2 Å². The van der Waals surface area contributed by atoms with E-state index in [4.69, 9.17) is 12.2 Å². The lowest BCUT2D eigenvalue weighted by Gasteiger charge is -2.14. The van der Waals surface area contributed by atoms with Crippen LogP contribution in [0.5, 0.6) is 5.88 Å². The van der Waals surface area contributed by atoms with Gasteiger partial charge in [0.25, 0.3) is 5.56 Å². The first-order valence-electron chi connectivity index (χ1n) is 7.86. The number of nitrogens with one attached hydrogen (secondary N) is 1. The monoisotopic (exact) mass is 379 g/mol. The van der Waals surface area contributed by atoms with Crippen molar-refractivity contribution in [3.05, 3.63) is 50.8 Å². The first kappa shape index (κ1) is 19.5. The van der Waals surface area contributed by atoms with Crippen molar-refractivity contribution in [2.45, 2.75) is 26.3 Å². The molecule has 0 amide bonds. The fraction of sp³-hybridized carbons (Fsp3) is 0.294. The van der Waals surface area contributed by atoms with Crippen LogP contribution in [0, 0.1) is 16.5 Å². The highest BCUT2D eigenvalue weighted by molar-refractivity contribution is 7.71. The number of nitrogens with zero attached hydrogens (tertiary/aromatic N) is 2. The van der Waals surface area contributed by atoms with Crippen molar-refractivity contribution in [3.8, 4) is 11.6 Å². The molecule has 0 aliphatic carbocycles. The van der Waals surface area contributed by atoms with Gasteiger partial charge in [0.15, 0.2) is 4.77 Å². The van der Waals surface area contributed by atoms with Gasteiger partial charge in [0.2, 0.25) is 5.88 Å². The molecule has 0 saturated carbocycles. The summed E-state index contributed by atoms with van der Waals surface area (Å²) in [6.45, 7) is 3.56. The first-order chi connectivity index (χ1) is 12.3. The number of benzene rings is 1. The molecule has 2 atom stereocenters. The molecule has 1 aromatic heterocycles. The number of hydrogen-bond acceptors (Lipinski definition) is 5. The zero-order chi connectivity index (χ0) is 19.4. The van der Waals surface area contributed by atoms with Gasteiger partial charge in [-0.2, -0.15) is 0 Å². The molecule has 1 aromatic carbocycles. The van der Waals surface area contributed by atoms with E-state index in [0.717, 1.165) is 10.8 Å². The average Bonchev–Trinajstić information content (AvgIpc) is 2.58. The quantitative estimate of drug-likeness (QED) is 0.528. The number of H-pyrrole nitrogens is 1. The summed E-state index contributed by atoms with van der Waals surface area (Å²) in [5, 5.41) is 19.7. The second-order valence-electron chi connectivity index (χ2n) is 5.76. The molecule has 138 valence electrons. The second-order valence-corrected chi connectivity index (χ2v) is 6.14. The maximum atomic E-state index is 13.1. The van der Waals surface area contributed by atoms with Crippen molar-refractivity contribution >= 4 is 24.4 Å². The van der Waals surface area contributed by atoms with Gasteiger partial charge < -0.3 is 10.2 Å². The second kappa shape index (κ2) is 8.05. The van der Waals surface area contributed by atoms with Gasteiger partial charge in [-0.3, -0.25) is 19.3 Å². The van der Waals surface area contributed by atoms with Gasteiger partial charge in [-0.25, -0.2) is 9.18 Å². The Kier molecular flexibility index (Phi) is 6.04. The van der Waals surface area contributed by atoms with Crippen LogP contribution in [0.3, 0.4) is 0 Å². The van der Waals surface area contributed by atoms with E-state index in [0.29, 0.717) is 12.1 Å². The molecule has 0 bridgehead atoms. The maximum absolute atomic E-state index is 13.1. The Balaban J connectivity index is 2.57. The molecule has 0 spiro atoms. The minimum atomic E-state index is -1.13. The van der Waals surface area contributed by atoms with Crippen molar-refractivity contribution in [1.29, 1.82) is 0 Å². The third kappa shape index (κ3) is 4.05. The van der Waals surface area contributed by atoms with Crippen molar-refractivity contribution in [3.63, 3.8) is 0 Å². The molecule has 0 radical (unpaired) electrons. The highest BCUT2D eigenvalue weighted by atomic mass is 32.1.